The van der Waals surface area contributed by atoms with Gasteiger partial charge >= 0.3 is 5.97 Å². The maximum absolute atomic E-state index is 12.7. The second-order valence-electron chi connectivity index (χ2n) is 5.44. The zero-order valence-corrected chi connectivity index (χ0v) is 14.9. The summed E-state index contributed by atoms with van der Waals surface area (Å²) >= 11 is 7.89. The van der Waals surface area contributed by atoms with Crippen LogP contribution in [0.25, 0.3) is 11.3 Å². The zero-order valence-electron chi connectivity index (χ0n) is 13.3. The first-order chi connectivity index (χ1) is 11.6. The molecule has 1 aromatic heterocycles. The van der Waals surface area contributed by atoms with Crippen molar-refractivity contribution in [3.63, 3.8) is 0 Å². The van der Waals surface area contributed by atoms with Crippen LogP contribution in [0.4, 0.5) is 0 Å². The molecule has 0 radical (unpaired) electrons. The first-order valence-electron chi connectivity index (χ1n) is 7.61. The molecule has 1 saturated carbocycles. The number of ketones is 1. The smallest absolute Gasteiger partial charge is 0.361 e. The summed E-state index contributed by atoms with van der Waals surface area (Å²) in [5.41, 5.74) is 0.644. The number of ether oxygens (including phenoxy) is 1. The molecule has 24 heavy (non-hydrogen) atoms. The standard InChI is InChI=1S/C17H16ClNO4S/c1-3-22-17(21)14-13(15(20)9-4-5-9)16(23-19-14)11-7-6-10(24-2)8-12(11)18/h6-9H,3-5H2,1-2H3. The van der Waals surface area contributed by atoms with Crippen LogP contribution in [0.3, 0.4) is 0 Å². The minimum atomic E-state index is -0.659. The summed E-state index contributed by atoms with van der Waals surface area (Å²) in [6, 6.07) is 5.44. The van der Waals surface area contributed by atoms with E-state index in [1.165, 1.54) is 0 Å². The monoisotopic (exact) mass is 365 g/mol. The molecule has 3 rings (SSSR count). The Labute approximate surface area is 148 Å². The summed E-state index contributed by atoms with van der Waals surface area (Å²) in [5.74, 6) is -0.652. The number of benzene rings is 1. The van der Waals surface area contributed by atoms with Gasteiger partial charge in [-0.15, -0.1) is 11.8 Å². The van der Waals surface area contributed by atoms with E-state index in [0.29, 0.717) is 10.6 Å². The Morgan fingerprint density at radius 2 is 2.17 bits per heavy atom. The predicted molar refractivity (Wildman–Crippen MR) is 91.7 cm³/mol. The van der Waals surface area contributed by atoms with Crippen molar-refractivity contribution in [3.8, 4) is 11.3 Å². The van der Waals surface area contributed by atoms with Crippen molar-refractivity contribution in [2.75, 3.05) is 12.9 Å². The Balaban J connectivity index is 2.10. The number of halogens is 1. The predicted octanol–water partition coefficient (Wildman–Crippen LogP) is 4.49. The molecule has 1 aromatic carbocycles. The molecule has 0 amide bonds. The van der Waals surface area contributed by atoms with Gasteiger partial charge in [0.15, 0.2) is 11.5 Å². The molecule has 0 bridgehead atoms. The van der Waals surface area contributed by atoms with Crippen molar-refractivity contribution in [2.24, 2.45) is 5.92 Å². The molecule has 0 aliphatic heterocycles. The Bertz CT molecular complexity index is 798. The molecule has 1 heterocycles. The van der Waals surface area contributed by atoms with E-state index in [1.54, 1.807) is 30.8 Å². The normalized spacial score (nSPS) is 13.8. The topological polar surface area (TPSA) is 69.4 Å². The third-order valence-electron chi connectivity index (χ3n) is 3.78. The zero-order chi connectivity index (χ0) is 17.3. The number of nitrogens with zero attached hydrogens (tertiary/aromatic N) is 1. The van der Waals surface area contributed by atoms with Gasteiger partial charge in [0.05, 0.1) is 11.6 Å². The van der Waals surface area contributed by atoms with E-state index in [-0.39, 0.29) is 35.3 Å². The minimum Gasteiger partial charge on any atom is -0.461 e. The Hall–Kier alpha value is -1.79. The number of rotatable bonds is 6. The van der Waals surface area contributed by atoms with Gasteiger partial charge in [-0.25, -0.2) is 4.79 Å². The molecule has 126 valence electrons. The number of hydrogen-bond acceptors (Lipinski definition) is 6. The number of thioether (sulfide) groups is 1. The molecule has 0 unspecified atom stereocenters. The van der Waals surface area contributed by atoms with Gasteiger partial charge < -0.3 is 9.26 Å². The minimum absolute atomic E-state index is 0.0752. The number of hydrogen-bond donors (Lipinski definition) is 0. The highest BCUT2D eigenvalue weighted by Crippen LogP contribution is 2.40. The van der Waals surface area contributed by atoms with Crippen LogP contribution < -0.4 is 0 Å². The lowest BCUT2D eigenvalue weighted by Crippen LogP contribution is -2.13. The van der Waals surface area contributed by atoms with Crippen molar-refractivity contribution in [1.29, 1.82) is 0 Å². The van der Waals surface area contributed by atoms with E-state index in [2.05, 4.69) is 5.16 Å². The van der Waals surface area contributed by atoms with Crippen LogP contribution in [0.15, 0.2) is 27.6 Å². The van der Waals surface area contributed by atoms with Gasteiger partial charge in [-0.1, -0.05) is 16.8 Å². The fourth-order valence-electron chi connectivity index (χ4n) is 2.40. The lowest BCUT2D eigenvalue weighted by molar-refractivity contribution is 0.0511. The number of Topliss-reactive ketones (excluding diaryl/α,β-unsaturated/α-hetero) is 1. The van der Waals surface area contributed by atoms with Crippen molar-refractivity contribution < 1.29 is 18.8 Å². The highest BCUT2D eigenvalue weighted by atomic mass is 35.5. The molecular formula is C17H16ClNO4S. The maximum atomic E-state index is 12.7. The summed E-state index contributed by atoms with van der Waals surface area (Å²) in [5, 5.41) is 4.23. The van der Waals surface area contributed by atoms with Crippen molar-refractivity contribution in [1.82, 2.24) is 5.16 Å². The maximum Gasteiger partial charge on any atom is 0.361 e. The van der Waals surface area contributed by atoms with Crippen LogP contribution in [-0.4, -0.2) is 29.8 Å². The molecule has 1 aliphatic rings. The molecule has 0 atom stereocenters. The highest BCUT2D eigenvalue weighted by molar-refractivity contribution is 7.98. The van der Waals surface area contributed by atoms with Gasteiger partial charge in [0.2, 0.25) is 5.69 Å². The van der Waals surface area contributed by atoms with Gasteiger partial charge in [-0.3, -0.25) is 4.79 Å². The molecule has 1 aliphatic carbocycles. The SMILES string of the molecule is CCOC(=O)c1noc(-c2ccc(SC)cc2Cl)c1C(=O)C1CC1. The molecule has 2 aromatic rings. The van der Waals surface area contributed by atoms with E-state index in [1.807, 2.05) is 12.3 Å². The number of carbonyl (C=O) groups is 2. The summed E-state index contributed by atoms with van der Waals surface area (Å²) in [4.78, 5) is 25.8. The number of esters is 1. The van der Waals surface area contributed by atoms with Gasteiger partial charge in [0.1, 0.15) is 5.56 Å². The van der Waals surface area contributed by atoms with Crippen LogP contribution in [0, 0.1) is 5.92 Å². The highest BCUT2D eigenvalue weighted by Gasteiger charge is 2.38. The van der Waals surface area contributed by atoms with Crippen molar-refractivity contribution >= 4 is 35.1 Å². The fourth-order valence-corrected chi connectivity index (χ4v) is 3.17. The molecule has 0 spiro atoms. The van der Waals surface area contributed by atoms with Gasteiger partial charge in [0, 0.05) is 16.4 Å². The van der Waals surface area contributed by atoms with E-state index in [0.717, 1.165) is 17.7 Å². The fraction of sp³-hybridized carbons (Fsp3) is 0.353. The van der Waals surface area contributed by atoms with Crippen LogP contribution in [0.5, 0.6) is 0 Å². The number of carbonyl (C=O) groups excluding carboxylic acids is 2. The average Bonchev–Trinajstić information content (AvgIpc) is 3.33. The Morgan fingerprint density at radius 1 is 1.42 bits per heavy atom. The van der Waals surface area contributed by atoms with E-state index < -0.39 is 5.97 Å². The first kappa shape index (κ1) is 17.0. The lowest BCUT2D eigenvalue weighted by atomic mass is 10.0. The Morgan fingerprint density at radius 3 is 2.75 bits per heavy atom. The summed E-state index contributed by atoms with van der Waals surface area (Å²) in [6.07, 6.45) is 3.57. The third-order valence-corrected chi connectivity index (χ3v) is 4.81. The summed E-state index contributed by atoms with van der Waals surface area (Å²) in [6.45, 7) is 1.89. The molecule has 5 nitrogen and oxygen atoms in total. The largest absolute Gasteiger partial charge is 0.461 e. The Kier molecular flexibility index (Phi) is 4.96. The summed E-state index contributed by atoms with van der Waals surface area (Å²) < 4.78 is 10.3. The molecular weight excluding hydrogens is 350 g/mol. The van der Waals surface area contributed by atoms with Crippen molar-refractivity contribution in [3.05, 3.63) is 34.5 Å². The molecule has 1 fully saturated rings. The van der Waals surface area contributed by atoms with E-state index >= 15 is 0 Å². The second-order valence-corrected chi connectivity index (χ2v) is 6.73. The van der Waals surface area contributed by atoms with Crippen LogP contribution in [0.1, 0.15) is 40.6 Å². The third kappa shape index (κ3) is 3.21. The van der Waals surface area contributed by atoms with Crippen LogP contribution in [0.2, 0.25) is 5.02 Å². The summed E-state index contributed by atoms with van der Waals surface area (Å²) in [7, 11) is 0. The second kappa shape index (κ2) is 6.99. The van der Waals surface area contributed by atoms with Crippen LogP contribution in [-0.2, 0) is 4.74 Å². The lowest BCUT2D eigenvalue weighted by Gasteiger charge is -2.06. The van der Waals surface area contributed by atoms with Gasteiger partial charge in [0.25, 0.3) is 0 Å². The van der Waals surface area contributed by atoms with E-state index in [4.69, 9.17) is 20.9 Å². The molecule has 0 N–H and O–H groups in total. The van der Waals surface area contributed by atoms with Gasteiger partial charge in [-0.2, -0.15) is 0 Å². The molecule has 0 saturated heterocycles. The van der Waals surface area contributed by atoms with E-state index in [9.17, 15) is 9.59 Å². The quantitative estimate of drug-likeness (QED) is 0.427. The molecule has 7 heteroatoms. The first-order valence-corrected chi connectivity index (χ1v) is 9.22. The van der Waals surface area contributed by atoms with Crippen molar-refractivity contribution in [2.45, 2.75) is 24.7 Å². The number of aromatic nitrogens is 1. The van der Waals surface area contributed by atoms with Gasteiger partial charge in [-0.05, 0) is 44.2 Å². The van der Waals surface area contributed by atoms with Crippen LogP contribution >= 0.6 is 23.4 Å². The average molecular weight is 366 g/mol.